The number of anilines is 3. The first kappa shape index (κ1) is 52.1. The van der Waals surface area contributed by atoms with E-state index in [9.17, 15) is 14.4 Å². The van der Waals surface area contributed by atoms with E-state index in [1.807, 2.05) is 124 Å². The number of para-hydroxylation sites is 2. The molecule has 0 unspecified atom stereocenters. The van der Waals surface area contributed by atoms with Gasteiger partial charge in [0.05, 0.1) is 25.0 Å². The zero-order chi connectivity index (χ0) is 50.9. The van der Waals surface area contributed by atoms with E-state index in [4.69, 9.17) is 9.47 Å². The zero-order valence-corrected chi connectivity index (χ0v) is 43.8. The first-order valence-corrected chi connectivity index (χ1v) is 25.3. The van der Waals surface area contributed by atoms with Gasteiger partial charge in [-0.2, -0.15) is 0 Å². The summed E-state index contributed by atoms with van der Waals surface area (Å²) >= 11 is 0. The normalized spacial score (nSPS) is 14.3. The Hall–Kier alpha value is -6.74. The predicted octanol–water partition coefficient (Wildman–Crippen LogP) is 13.5. The Kier molecular flexibility index (Phi) is 16.6. The standard InChI is InChI=1S/C22H27NO2.C20H24N2O.C20H23NO2/c1-22(2,3)15-16-7-5-8-18(13-16)21(24)23-12-6-9-17-14-19(25-4)10-11-20(17)23;1-20(2,3)13-15-6-4-7-16(12-15)19(23)22-11-5-8-17-14-21-10-9-18(17)22;1-20(2,3)14-15-7-6-8-16(13-15)19(22)21-11-12-23-18-10-5-4-9-17(18)21/h5,7-8,10-11,13-14H,6,9,12,15H2,1-4H3;4,6-7,9-10,12,14H,5,8,11,13H2,1-3H3;4-10,13H,11-12,14H2,1-3H3. The number of ether oxygens (including phenoxy) is 2. The molecular weight excluding hydrogens is 881 g/mol. The molecule has 5 aromatic carbocycles. The fraction of sp³-hybridized carbons (Fsp3) is 0.387. The third-order valence-corrected chi connectivity index (χ3v) is 12.6. The highest BCUT2D eigenvalue weighted by Gasteiger charge is 2.27. The summed E-state index contributed by atoms with van der Waals surface area (Å²) < 4.78 is 11.0. The molecule has 9 heteroatoms. The molecule has 0 spiro atoms. The number of fused-ring (bicyclic) bond motifs is 3. The van der Waals surface area contributed by atoms with Gasteiger partial charge in [0, 0.05) is 47.9 Å². The molecule has 0 radical (unpaired) electrons. The van der Waals surface area contributed by atoms with Gasteiger partial charge in [0.25, 0.3) is 17.7 Å². The number of nitrogens with zero attached hydrogens (tertiary/aromatic N) is 4. The fourth-order valence-corrected chi connectivity index (χ4v) is 9.67. The average Bonchev–Trinajstić information content (AvgIpc) is 3.34. The van der Waals surface area contributed by atoms with E-state index < -0.39 is 0 Å². The minimum absolute atomic E-state index is 0.0384. The summed E-state index contributed by atoms with van der Waals surface area (Å²) in [7, 11) is 1.67. The highest BCUT2D eigenvalue weighted by atomic mass is 16.5. The molecule has 9 nitrogen and oxygen atoms in total. The smallest absolute Gasteiger partial charge is 0.258 e. The maximum atomic E-state index is 13.1. The largest absolute Gasteiger partial charge is 0.497 e. The molecular formula is C62H74N4O5. The molecule has 4 heterocycles. The Morgan fingerprint density at radius 2 is 0.986 bits per heavy atom. The lowest BCUT2D eigenvalue weighted by Crippen LogP contribution is -2.37. The van der Waals surface area contributed by atoms with Gasteiger partial charge in [0.1, 0.15) is 18.1 Å². The third-order valence-electron chi connectivity index (χ3n) is 12.6. The molecule has 0 atom stereocenters. The number of pyridine rings is 1. The van der Waals surface area contributed by atoms with Gasteiger partial charge in [-0.05, 0) is 162 Å². The monoisotopic (exact) mass is 955 g/mol. The van der Waals surface area contributed by atoms with E-state index in [0.717, 1.165) is 109 Å². The van der Waals surface area contributed by atoms with Crippen molar-refractivity contribution < 1.29 is 23.9 Å². The van der Waals surface area contributed by atoms with Crippen LogP contribution in [-0.2, 0) is 32.1 Å². The Bertz CT molecular complexity index is 2690. The number of hydrogen-bond donors (Lipinski definition) is 0. The molecule has 0 bridgehead atoms. The van der Waals surface area contributed by atoms with Crippen LogP contribution in [0, 0.1) is 16.2 Å². The van der Waals surface area contributed by atoms with E-state index >= 15 is 0 Å². The van der Waals surface area contributed by atoms with Crippen molar-refractivity contribution in [2.24, 2.45) is 16.2 Å². The first-order valence-electron chi connectivity index (χ1n) is 25.3. The molecule has 6 aromatic rings. The number of rotatable bonds is 7. The Morgan fingerprint density at radius 1 is 0.521 bits per heavy atom. The van der Waals surface area contributed by atoms with E-state index in [0.29, 0.717) is 13.2 Å². The molecule has 3 aliphatic heterocycles. The summed E-state index contributed by atoms with van der Waals surface area (Å²) in [4.78, 5) is 48.9. The quantitative estimate of drug-likeness (QED) is 0.158. The summed E-state index contributed by atoms with van der Waals surface area (Å²) in [5, 5.41) is 0. The van der Waals surface area contributed by atoms with E-state index in [2.05, 4.69) is 85.5 Å². The highest BCUT2D eigenvalue weighted by molar-refractivity contribution is 6.08. The number of aromatic nitrogens is 1. The molecule has 0 aliphatic carbocycles. The minimum atomic E-state index is 0.0384. The third kappa shape index (κ3) is 14.2. The number of hydrogen-bond acceptors (Lipinski definition) is 6. The molecule has 71 heavy (non-hydrogen) atoms. The van der Waals surface area contributed by atoms with Crippen LogP contribution in [0.3, 0.4) is 0 Å². The van der Waals surface area contributed by atoms with Gasteiger partial charge >= 0.3 is 0 Å². The van der Waals surface area contributed by atoms with Gasteiger partial charge in [-0.3, -0.25) is 19.4 Å². The maximum Gasteiger partial charge on any atom is 0.258 e. The molecule has 1 aromatic heterocycles. The van der Waals surface area contributed by atoms with Crippen molar-refractivity contribution in [2.75, 3.05) is 48.1 Å². The first-order chi connectivity index (χ1) is 33.7. The number of carbonyl (C=O) groups excluding carboxylic acids is 3. The van der Waals surface area contributed by atoms with Crippen molar-refractivity contribution in [1.82, 2.24) is 4.98 Å². The van der Waals surface area contributed by atoms with Gasteiger partial charge in [-0.25, -0.2) is 0 Å². The van der Waals surface area contributed by atoms with Gasteiger partial charge in [-0.1, -0.05) is 111 Å². The summed E-state index contributed by atoms with van der Waals surface area (Å²) in [5.74, 6) is 1.84. The van der Waals surface area contributed by atoms with Crippen molar-refractivity contribution >= 4 is 34.8 Å². The Balaban J connectivity index is 0.000000157. The molecule has 0 fully saturated rings. The second-order valence-corrected chi connectivity index (χ2v) is 22.7. The highest BCUT2D eigenvalue weighted by Crippen LogP contribution is 2.34. The van der Waals surface area contributed by atoms with Gasteiger partial charge in [0.15, 0.2) is 0 Å². The van der Waals surface area contributed by atoms with Gasteiger partial charge in [0.2, 0.25) is 0 Å². The number of carbonyl (C=O) groups is 3. The Labute approximate surface area is 423 Å². The lowest BCUT2D eigenvalue weighted by atomic mass is 9.87. The lowest BCUT2D eigenvalue weighted by Gasteiger charge is -2.30. The van der Waals surface area contributed by atoms with Crippen LogP contribution in [0.2, 0.25) is 0 Å². The predicted molar refractivity (Wildman–Crippen MR) is 290 cm³/mol. The molecule has 0 saturated carbocycles. The van der Waals surface area contributed by atoms with Crippen LogP contribution in [0.5, 0.6) is 11.5 Å². The van der Waals surface area contributed by atoms with Crippen LogP contribution in [0.25, 0.3) is 0 Å². The molecule has 3 amide bonds. The minimum Gasteiger partial charge on any atom is -0.497 e. The summed E-state index contributed by atoms with van der Waals surface area (Å²) in [5.41, 5.74) is 11.8. The topological polar surface area (TPSA) is 92.3 Å². The molecule has 0 saturated heterocycles. The van der Waals surface area contributed by atoms with Gasteiger partial charge in [-0.15, -0.1) is 0 Å². The lowest BCUT2D eigenvalue weighted by molar-refractivity contribution is 0.0971. The summed E-state index contributed by atoms with van der Waals surface area (Å²) in [6, 6.07) is 39.8. The number of aryl methyl sites for hydroxylation is 2. The molecule has 0 N–H and O–H groups in total. The van der Waals surface area contributed by atoms with E-state index in [1.165, 1.54) is 22.3 Å². The summed E-state index contributed by atoms with van der Waals surface area (Å²) in [6.45, 7) is 22.6. The van der Waals surface area contributed by atoms with Gasteiger partial charge < -0.3 is 24.2 Å². The van der Waals surface area contributed by atoms with Crippen molar-refractivity contribution in [1.29, 1.82) is 0 Å². The zero-order valence-electron chi connectivity index (χ0n) is 43.8. The van der Waals surface area contributed by atoms with Crippen molar-refractivity contribution in [3.8, 4) is 11.5 Å². The van der Waals surface area contributed by atoms with Crippen molar-refractivity contribution in [3.63, 3.8) is 0 Å². The van der Waals surface area contributed by atoms with Crippen LogP contribution >= 0.6 is 0 Å². The second kappa shape index (κ2) is 22.6. The number of methoxy groups -OCH3 is 1. The van der Waals surface area contributed by atoms with Crippen LogP contribution in [-0.4, -0.2) is 56.1 Å². The average molecular weight is 955 g/mol. The van der Waals surface area contributed by atoms with Crippen molar-refractivity contribution in [2.45, 2.75) is 107 Å². The second-order valence-electron chi connectivity index (χ2n) is 22.7. The molecule has 372 valence electrons. The van der Waals surface area contributed by atoms with Crippen molar-refractivity contribution in [3.05, 3.63) is 178 Å². The molecule has 3 aliphatic rings. The van der Waals surface area contributed by atoms with Crippen LogP contribution < -0.4 is 24.2 Å². The van der Waals surface area contributed by atoms with E-state index in [-0.39, 0.29) is 34.0 Å². The Morgan fingerprint density at radius 3 is 1.48 bits per heavy atom. The van der Waals surface area contributed by atoms with Crippen LogP contribution in [0.1, 0.15) is 134 Å². The summed E-state index contributed by atoms with van der Waals surface area (Å²) in [6.07, 6.45) is 10.5. The van der Waals surface area contributed by atoms with E-state index in [1.54, 1.807) is 13.3 Å². The number of benzene rings is 5. The van der Waals surface area contributed by atoms with Crippen LogP contribution in [0.4, 0.5) is 17.1 Å². The molecule has 9 rings (SSSR count). The maximum absolute atomic E-state index is 13.1. The fourth-order valence-electron chi connectivity index (χ4n) is 9.67. The SMILES string of the molecule is CC(C)(C)Cc1cccc(C(=O)N2CCCc3cnccc32)c1.CC(C)(C)Cc1cccc(C(=O)N2CCOc3ccccc32)c1.COc1ccc2c(c1)CCCN2C(=O)c1cccc(CC(C)(C)C)c1. The number of amides is 3. The van der Waals surface area contributed by atoms with Crippen LogP contribution in [0.15, 0.2) is 134 Å².